The van der Waals surface area contributed by atoms with Crippen LogP contribution in [0.1, 0.15) is 22.8 Å². The molecule has 1 aromatic heterocycles. The molecule has 2 rings (SSSR count). The van der Waals surface area contributed by atoms with Crippen molar-refractivity contribution in [3.63, 3.8) is 0 Å². The average Bonchev–Trinajstić information content (AvgIpc) is 2.51. The Morgan fingerprint density at radius 3 is 2.54 bits per heavy atom. The number of carbonyl (C=O) groups is 1. The Hall–Kier alpha value is -2.90. The summed E-state index contributed by atoms with van der Waals surface area (Å²) in [6, 6.07) is 3.90. The highest BCUT2D eigenvalue weighted by Crippen LogP contribution is 2.17. The molecule has 0 bridgehead atoms. The standard InChI is InChI=1S/C16H14F2N2O4/c1-9-5-15(21)19(8-14(9)20(23)24)7-10(2)16(22)11-3-4-12(17)13(18)6-11/h3-6,8,10H,7H2,1-2H3. The fourth-order valence-corrected chi connectivity index (χ4v) is 2.30. The second-order valence-corrected chi connectivity index (χ2v) is 5.48. The summed E-state index contributed by atoms with van der Waals surface area (Å²) in [4.78, 5) is 34.5. The maximum Gasteiger partial charge on any atom is 0.288 e. The van der Waals surface area contributed by atoms with Crippen molar-refractivity contribution in [1.82, 2.24) is 4.57 Å². The van der Waals surface area contributed by atoms with Gasteiger partial charge in [0.1, 0.15) is 0 Å². The van der Waals surface area contributed by atoms with E-state index in [9.17, 15) is 28.5 Å². The van der Waals surface area contributed by atoms with Crippen LogP contribution in [0.25, 0.3) is 0 Å². The molecule has 0 fully saturated rings. The Bertz CT molecular complexity index is 877. The van der Waals surface area contributed by atoms with Gasteiger partial charge in [0, 0.05) is 29.7 Å². The van der Waals surface area contributed by atoms with Gasteiger partial charge in [-0.15, -0.1) is 0 Å². The number of aryl methyl sites for hydroxylation is 1. The number of aromatic nitrogens is 1. The van der Waals surface area contributed by atoms with Crippen molar-refractivity contribution in [2.45, 2.75) is 20.4 Å². The first-order chi connectivity index (χ1) is 11.2. The van der Waals surface area contributed by atoms with Crippen LogP contribution in [0.3, 0.4) is 0 Å². The van der Waals surface area contributed by atoms with Gasteiger partial charge >= 0.3 is 0 Å². The first kappa shape index (κ1) is 17.5. The van der Waals surface area contributed by atoms with Crippen molar-refractivity contribution in [3.05, 3.63) is 73.7 Å². The zero-order valence-electron chi connectivity index (χ0n) is 13.0. The van der Waals surface area contributed by atoms with Crippen LogP contribution in [-0.4, -0.2) is 15.3 Å². The van der Waals surface area contributed by atoms with Crippen molar-refractivity contribution < 1.29 is 18.5 Å². The number of benzene rings is 1. The molecule has 0 amide bonds. The number of hydrogen-bond donors (Lipinski definition) is 0. The van der Waals surface area contributed by atoms with E-state index < -0.39 is 33.8 Å². The lowest BCUT2D eigenvalue weighted by molar-refractivity contribution is -0.385. The maximum atomic E-state index is 13.2. The number of Topliss-reactive ketones (excluding diaryl/α,β-unsaturated/α-hetero) is 1. The fraction of sp³-hybridized carbons (Fsp3) is 0.250. The lowest BCUT2D eigenvalue weighted by Crippen LogP contribution is -2.26. The van der Waals surface area contributed by atoms with Gasteiger partial charge in [-0.1, -0.05) is 6.92 Å². The van der Waals surface area contributed by atoms with Gasteiger partial charge in [0.25, 0.3) is 11.2 Å². The number of nitrogens with zero attached hydrogens (tertiary/aromatic N) is 2. The Morgan fingerprint density at radius 1 is 1.29 bits per heavy atom. The minimum absolute atomic E-state index is 0.0314. The van der Waals surface area contributed by atoms with Crippen LogP contribution >= 0.6 is 0 Å². The monoisotopic (exact) mass is 336 g/mol. The number of carbonyl (C=O) groups excluding carboxylic acids is 1. The number of pyridine rings is 1. The Morgan fingerprint density at radius 2 is 1.96 bits per heavy atom. The van der Waals surface area contributed by atoms with Gasteiger partial charge in [-0.05, 0) is 25.1 Å². The van der Waals surface area contributed by atoms with Gasteiger partial charge in [-0.25, -0.2) is 8.78 Å². The molecule has 0 spiro atoms. The quantitative estimate of drug-likeness (QED) is 0.477. The summed E-state index contributed by atoms with van der Waals surface area (Å²) < 4.78 is 27.2. The number of halogens is 2. The largest absolute Gasteiger partial charge is 0.308 e. The van der Waals surface area contributed by atoms with Crippen LogP contribution in [0.4, 0.5) is 14.5 Å². The summed E-state index contributed by atoms with van der Waals surface area (Å²) in [6.45, 7) is 2.83. The van der Waals surface area contributed by atoms with Crippen LogP contribution in [0.5, 0.6) is 0 Å². The number of ketones is 1. The fourth-order valence-electron chi connectivity index (χ4n) is 2.30. The third kappa shape index (κ3) is 3.53. The zero-order chi connectivity index (χ0) is 18.0. The molecular weight excluding hydrogens is 322 g/mol. The van der Waals surface area contributed by atoms with Crippen molar-refractivity contribution >= 4 is 11.5 Å². The topological polar surface area (TPSA) is 82.2 Å². The Balaban J connectivity index is 2.28. The summed E-state index contributed by atoms with van der Waals surface area (Å²) in [7, 11) is 0. The highest BCUT2D eigenvalue weighted by Gasteiger charge is 2.20. The second-order valence-electron chi connectivity index (χ2n) is 5.48. The minimum Gasteiger partial charge on any atom is -0.308 e. The summed E-state index contributed by atoms with van der Waals surface area (Å²) in [5, 5.41) is 10.9. The van der Waals surface area contributed by atoms with E-state index in [1.165, 1.54) is 13.8 Å². The number of hydrogen-bond acceptors (Lipinski definition) is 4. The van der Waals surface area contributed by atoms with Gasteiger partial charge in [-0.2, -0.15) is 0 Å². The molecule has 0 aliphatic carbocycles. The zero-order valence-corrected chi connectivity index (χ0v) is 13.0. The van der Waals surface area contributed by atoms with E-state index in [0.717, 1.165) is 35.0 Å². The van der Waals surface area contributed by atoms with Crippen LogP contribution in [0.15, 0.2) is 35.3 Å². The molecule has 0 saturated carbocycles. The minimum atomic E-state index is -1.14. The molecule has 0 aliphatic rings. The predicted octanol–water partition coefficient (Wildman–Crippen LogP) is 2.86. The average molecular weight is 336 g/mol. The van der Waals surface area contributed by atoms with Crippen LogP contribution in [0.2, 0.25) is 0 Å². The van der Waals surface area contributed by atoms with Crippen molar-refractivity contribution in [3.8, 4) is 0 Å². The SMILES string of the molecule is Cc1cc(=O)n(CC(C)C(=O)c2ccc(F)c(F)c2)cc1[N+](=O)[O-]. The molecule has 0 aliphatic heterocycles. The first-order valence-electron chi connectivity index (χ1n) is 7.05. The molecule has 24 heavy (non-hydrogen) atoms. The van der Waals surface area contributed by atoms with Gasteiger partial charge in [-0.3, -0.25) is 19.7 Å². The van der Waals surface area contributed by atoms with E-state index >= 15 is 0 Å². The molecule has 126 valence electrons. The van der Waals surface area contributed by atoms with E-state index in [2.05, 4.69) is 0 Å². The Labute approximate surface area is 135 Å². The normalized spacial score (nSPS) is 12.0. The van der Waals surface area contributed by atoms with E-state index in [-0.39, 0.29) is 23.4 Å². The van der Waals surface area contributed by atoms with E-state index in [4.69, 9.17) is 0 Å². The predicted molar refractivity (Wildman–Crippen MR) is 81.9 cm³/mol. The van der Waals surface area contributed by atoms with E-state index in [1.807, 2.05) is 0 Å². The molecule has 8 heteroatoms. The summed E-state index contributed by atoms with van der Waals surface area (Å²) >= 11 is 0. The molecule has 1 heterocycles. The molecule has 0 radical (unpaired) electrons. The van der Waals surface area contributed by atoms with E-state index in [1.54, 1.807) is 0 Å². The summed E-state index contributed by atoms with van der Waals surface area (Å²) in [6.07, 6.45) is 1.08. The molecule has 0 saturated heterocycles. The van der Waals surface area contributed by atoms with E-state index in [0.29, 0.717) is 0 Å². The smallest absolute Gasteiger partial charge is 0.288 e. The molecule has 2 aromatic rings. The molecule has 1 atom stereocenters. The third-order valence-corrected chi connectivity index (χ3v) is 3.62. The highest BCUT2D eigenvalue weighted by molar-refractivity contribution is 5.97. The summed E-state index contributed by atoms with van der Waals surface area (Å²) in [5.74, 6) is -3.46. The maximum absolute atomic E-state index is 13.2. The van der Waals surface area contributed by atoms with Crippen molar-refractivity contribution in [1.29, 1.82) is 0 Å². The molecule has 1 aromatic carbocycles. The van der Waals surface area contributed by atoms with Crippen LogP contribution in [0, 0.1) is 34.6 Å². The lowest BCUT2D eigenvalue weighted by atomic mass is 9.99. The molecule has 6 nitrogen and oxygen atoms in total. The van der Waals surface area contributed by atoms with Crippen molar-refractivity contribution in [2.75, 3.05) is 0 Å². The third-order valence-electron chi connectivity index (χ3n) is 3.62. The molecule has 0 N–H and O–H groups in total. The van der Waals surface area contributed by atoms with Gasteiger partial charge < -0.3 is 4.57 Å². The lowest BCUT2D eigenvalue weighted by Gasteiger charge is -2.13. The summed E-state index contributed by atoms with van der Waals surface area (Å²) in [5.41, 5.74) is -0.526. The Kier molecular flexibility index (Phi) is 4.87. The highest BCUT2D eigenvalue weighted by atomic mass is 19.2. The van der Waals surface area contributed by atoms with Gasteiger partial charge in [0.05, 0.1) is 11.1 Å². The molecular formula is C16H14F2N2O4. The van der Waals surface area contributed by atoms with Crippen LogP contribution < -0.4 is 5.56 Å². The number of rotatable bonds is 5. The van der Waals surface area contributed by atoms with Crippen LogP contribution in [-0.2, 0) is 6.54 Å². The van der Waals surface area contributed by atoms with Gasteiger partial charge in [0.15, 0.2) is 17.4 Å². The van der Waals surface area contributed by atoms with Gasteiger partial charge in [0.2, 0.25) is 0 Å². The van der Waals surface area contributed by atoms with Crippen molar-refractivity contribution in [2.24, 2.45) is 5.92 Å². The number of nitro groups is 1. The second kappa shape index (κ2) is 6.69. The molecule has 1 unspecified atom stereocenters. The first-order valence-corrected chi connectivity index (χ1v) is 7.05.